The Bertz CT molecular complexity index is 1000. The summed E-state index contributed by atoms with van der Waals surface area (Å²) in [5, 5.41) is 8.30. The summed E-state index contributed by atoms with van der Waals surface area (Å²) in [5.41, 5.74) is 3.53. The van der Waals surface area contributed by atoms with E-state index in [1.54, 1.807) is 5.56 Å². The van der Waals surface area contributed by atoms with Gasteiger partial charge in [0.25, 0.3) is 0 Å². The van der Waals surface area contributed by atoms with Crippen LogP contribution in [-0.4, -0.2) is 79.0 Å². The lowest BCUT2D eigenvalue weighted by molar-refractivity contribution is -0.0636. The third kappa shape index (κ3) is 7.35. The van der Waals surface area contributed by atoms with Crippen LogP contribution in [0, 0.1) is 24.2 Å². The van der Waals surface area contributed by atoms with Crippen LogP contribution < -0.4 is 4.72 Å². The van der Waals surface area contributed by atoms with Crippen molar-refractivity contribution in [1.82, 2.24) is 18.8 Å². The molecule has 214 valence electrons. The topological polar surface area (TPSA) is 46.5 Å². The highest BCUT2D eigenvalue weighted by Crippen LogP contribution is 2.42. The first-order valence-corrected chi connectivity index (χ1v) is 16.1. The average molecular weight is 551 g/mol. The Hall–Kier alpha value is -1.67. The highest BCUT2D eigenvalue weighted by molar-refractivity contribution is 7.95. The smallest absolute Gasteiger partial charge is 0.150 e. The minimum absolute atomic E-state index is 0.545. The van der Waals surface area contributed by atoms with Crippen molar-refractivity contribution < 1.29 is 0 Å². The highest BCUT2D eigenvalue weighted by atomic mass is 32.2. The van der Waals surface area contributed by atoms with E-state index in [-0.39, 0.29) is 0 Å². The van der Waals surface area contributed by atoms with E-state index in [0.29, 0.717) is 17.4 Å². The third-order valence-electron chi connectivity index (χ3n) is 9.61. The monoisotopic (exact) mass is 550 g/mol. The molecule has 7 heteroatoms. The van der Waals surface area contributed by atoms with Crippen molar-refractivity contribution >= 4 is 24.7 Å². The number of aryl methyl sites for hydroxylation is 1. The highest BCUT2D eigenvalue weighted by Gasteiger charge is 2.50. The number of hydrogen-bond donors (Lipinski definition) is 1. The largest absolute Gasteiger partial charge is 0.355 e. The molecular weight excluding hydrogens is 500 g/mol. The molecule has 4 aliphatic rings. The average Bonchev–Trinajstić information content (AvgIpc) is 2.91. The molecule has 3 heterocycles. The zero-order valence-electron chi connectivity index (χ0n) is 24.5. The molecule has 1 N–H and O–H groups in total. The van der Waals surface area contributed by atoms with E-state index in [0.717, 1.165) is 43.6 Å². The van der Waals surface area contributed by atoms with Gasteiger partial charge < -0.3 is 9.80 Å². The first kappa shape index (κ1) is 28.8. The van der Waals surface area contributed by atoms with Crippen LogP contribution in [0.5, 0.6) is 0 Å². The number of nitrogens with one attached hydrogen (secondary N) is 1. The molecule has 1 aliphatic carbocycles. The second-order valence-corrected chi connectivity index (χ2v) is 13.8. The molecule has 3 saturated heterocycles. The number of allylic oxidation sites excluding steroid dienone is 1. The Morgan fingerprint density at radius 3 is 2.62 bits per heavy atom. The zero-order chi connectivity index (χ0) is 27.2. The predicted molar refractivity (Wildman–Crippen MR) is 167 cm³/mol. The summed E-state index contributed by atoms with van der Waals surface area (Å²) in [6.07, 6.45) is 14.5. The standard InChI is InChI=1S/C32H50N6S/c1-5-6-10-31(34-33-3)37-18-17-30(35-39-38-23-32(24-38)21-36(4)22-32)29(20-37)16-13-26-11-14-27(15-12-26)28-9-7-8-25(2)19-28/h6-10,19,26-27,29-30,35H,3,5,11-18,20-24H2,1-2,4H3/b10-6-,34-31+. The first-order valence-electron chi connectivity index (χ1n) is 15.3. The molecule has 5 rings (SSSR count). The predicted octanol–water partition coefficient (Wildman–Crippen LogP) is 6.12. The molecule has 3 aliphatic heterocycles. The van der Waals surface area contributed by atoms with E-state index in [9.17, 15) is 0 Å². The van der Waals surface area contributed by atoms with Gasteiger partial charge in [0.15, 0.2) is 5.84 Å². The SMILES string of the molecule is C=N/N=C(\C=C/CC)N1CCC(NSN2CC3(CN(C)C3)C2)C(CCC2CCC(c3cccc(C)c3)CC2)C1. The summed E-state index contributed by atoms with van der Waals surface area (Å²) in [6.45, 7) is 15.1. The summed E-state index contributed by atoms with van der Waals surface area (Å²) in [4.78, 5) is 4.89. The van der Waals surface area contributed by atoms with Gasteiger partial charge in [-0.05, 0) is 88.3 Å². The number of likely N-dealkylation sites (tertiary alicyclic amines) is 2. The molecular formula is C32H50N6S. The Balaban J connectivity index is 1.15. The van der Waals surface area contributed by atoms with Crippen LogP contribution in [0.25, 0.3) is 0 Å². The van der Waals surface area contributed by atoms with Gasteiger partial charge in [-0.3, -0.25) is 0 Å². The van der Waals surface area contributed by atoms with Gasteiger partial charge in [0.2, 0.25) is 0 Å². The summed E-state index contributed by atoms with van der Waals surface area (Å²) >= 11 is 1.89. The third-order valence-corrected chi connectivity index (χ3v) is 10.5. The van der Waals surface area contributed by atoms with Crippen LogP contribution in [0.15, 0.2) is 46.6 Å². The van der Waals surface area contributed by atoms with E-state index < -0.39 is 0 Å². The second kappa shape index (κ2) is 13.3. The maximum absolute atomic E-state index is 4.40. The molecule has 1 aromatic carbocycles. The molecule has 0 amide bonds. The van der Waals surface area contributed by atoms with Crippen LogP contribution in [0.4, 0.5) is 0 Å². The van der Waals surface area contributed by atoms with Gasteiger partial charge in [0, 0.05) is 69.6 Å². The Labute approximate surface area is 241 Å². The van der Waals surface area contributed by atoms with E-state index in [2.05, 4.69) is 93.1 Å². The van der Waals surface area contributed by atoms with Crippen LogP contribution in [0.1, 0.15) is 75.3 Å². The van der Waals surface area contributed by atoms with Gasteiger partial charge in [0.05, 0.1) is 0 Å². The van der Waals surface area contributed by atoms with Gasteiger partial charge in [-0.1, -0.05) is 49.2 Å². The number of amidine groups is 1. The van der Waals surface area contributed by atoms with Crippen LogP contribution >= 0.6 is 12.1 Å². The van der Waals surface area contributed by atoms with Gasteiger partial charge in [-0.15, -0.1) is 5.10 Å². The fraction of sp³-hybridized carbons (Fsp3) is 0.688. The maximum atomic E-state index is 4.40. The van der Waals surface area contributed by atoms with Crippen molar-refractivity contribution in [1.29, 1.82) is 0 Å². The summed E-state index contributed by atoms with van der Waals surface area (Å²) in [5.74, 6) is 3.21. The number of rotatable bonds is 10. The van der Waals surface area contributed by atoms with Crippen molar-refractivity contribution in [3.63, 3.8) is 0 Å². The molecule has 6 nitrogen and oxygen atoms in total. The maximum Gasteiger partial charge on any atom is 0.150 e. The zero-order valence-corrected chi connectivity index (χ0v) is 25.3. The molecule has 1 saturated carbocycles. The van der Waals surface area contributed by atoms with Crippen LogP contribution in [0.2, 0.25) is 0 Å². The number of hydrogen-bond acceptors (Lipinski definition) is 6. The number of piperidine rings is 1. The Morgan fingerprint density at radius 1 is 1.13 bits per heavy atom. The van der Waals surface area contributed by atoms with Crippen molar-refractivity contribution in [2.45, 2.75) is 77.2 Å². The molecule has 1 aromatic rings. The molecule has 2 unspecified atom stereocenters. The normalized spacial score (nSPS) is 29.9. The summed E-state index contributed by atoms with van der Waals surface area (Å²) in [6, 6.07) is 9.75. The van der Waals surface area contributed by atoms with E-state index >= 15 is 0 Å². The lowest BCUT2D eigenvalue weighted by Gasteiger charge is -2.59. The molecule has 0 radical (unpaired) electrons. The van der Waals surface area contributed by atoms with Crippen molar-refractivity contribution in [2.75, 3.05) is 46.3 Å². The van der Waals surface area contributed by atoms with E-state index in [4.69, 9.17) is 0 Å². The summed E-state index contributed by atoms with van der Waals surface area (Å²) < 4.78 is 6.48. The summed E-state index contributed by atoms with van der Waals surface area (Å²) in [7, 11) is 2.24. The Morgan fingerprint density at radius 2 is 1.92 bits per heavy atom. The fourth-order valence-corrected chi connectivity index (χ4v) is 8.82. The minimum Gasteiger partial charge on any atom is -0.355 e. The van der Waals surface area contributed by atoms with Gasteiger partial charge in [-0.25, -0.2) is 9.03 Å². The molecule has 39 heavy (non-hydrogen) atoms. The second-order valence-electron chi connectivity index (χ2n) is 12.9. The van der Waals surface area contributed by atoms with Crippen LogP contribution in [-0.2, 0) is 0 Å². The molecule has 4 fully saturated rings. The number of nitrogens with zero attached hydrogens (tertiary/aromatic N) is 5. The van der Waals surface area contributed by atoms with Crippen LogP contribution in [0.3, 0.4) is 0 Å². The first-order chi connectivity index (χ1) is 19.0. The quantitative estimate of drug-likeness (QED) is 0.165. The molecule has 0 aromatic heterocycles. The minimum atomic E-state index is 0.545. The number of benzene rings is 1. The Kier molecular flexibility index (Phi) is 9.86. The van der Waals surface area contributed by atoms with Gasteiger partial charge in [0.1, 0.15) is 0 Å². The van der Waals surface area contributed by atoms with Gasteiger partial charge >= 0.3 is 0 Å². The van der Waals surface area contributed by atoms with Crippen molar-refractivity contribution in [3.05, 3.63) is 47.5 Å². The van der Waals surface area contributed by atoms with Crippen molar-refractivity contribution in [2.24, 2.45) is 27.5 Å². The molecule has 2 atom stereocenters. The fourth-order valence-electron chi connectivity index (χ4n) is 7.55. The lowest BCUT2D eigenvalue weighted by Crippen LogP contribution is -2.69. The molecule has 0 bridgehead atoms. The molecule has 1 spiro atoms. The van der Waals surface area contributed by atoms with Gasteiger partial charge in [-0.2, -0.15) is 5.10 Å². The van der Waals surface area contributed by atoms with E-state index in [1.807, 2.05) is 12.1 Å². The van der Waals surface area contributed by atoms with E-state index in [1.165, 1.54) is 70.3 Å². The lowest BCUT2D eigenvalue weighted by atomic mass is 9.75. The van der Waals surface area contributed by atoms with Crippen molar-refractivity contribution in [3.8, 4) is 0 Å².